The molecule has 6 N–H and O–H groups in total. The Morgan fingerprint density at radius 2 is 1.04 bits per heavy atom. The fourth-order valence-electron chi connectivity index (χ4n) is 2.36. The molecule has 0 heterocycles. The van der Waals surface area contributed by atoms with Gasteiger partial charge in [0.1, 0.15) is 11.5 Å². The first-order valence-electron chi connectivity index (χ1n) is 6.65. The van der Waals surface area contributed by atoms with Crippen LogP contribution < -0.4 is 11.5 Å². The number of benzene rings is 2. The predicted octanol–water partition coefficient (Wildman–Crippen LogP) is 3.67. The lowest BCUT2D eigenvalue weighted by molar-refractivity contribution is -0.323. The van der Waals surface area contributed by atoms with E-state index in [1.807, 2.05) is 0 Å². The highest BCUT2D eigenvalue weighted by Crippen LogP contribution is 2.58. The minimum absolute atomic E-state index is 0.508. The van der Waals surface area contributed by atoms with Crippen molar-refractivity contribution in [1.29, 1.82) is 0 Å². The maximum Gasteiger partial charge on any atom is 0.457 e. The van der Waals surface area contributed by atoms with Gasteiger partial charge in [0, 0.05) is 11.1 Å². The Bertz CT molecular complexity index is 756. The minimum atomic E-state index is -6.35. The van der Waals surface area contributed by atoms with Gasteiger partial charge in [-0.25, -0.2) is 4.39 Å². The predicted molar refractivity (Wildman–Crippen MR) is 77.9 cm³/mol. The van der Waals surface area contributed by atoms with E-state index in [2.05, 4.69) is 0 Å². The molecule has 136 valence electrons. The van der Waals surface area contributed by atoms with Crippen LogP contribution in [0.15, 0.2) is 36.4 Å². The molecule has 2 aromatic carbocycles. The van der Waals surface area contributed by atoms with E-state index in [1.54, 1.807) is 0 Å². The topological polar surface area (TPSA) is 92.5 Å². The Balaban J connectivity index is 2.96. The van der Waals surface area contributed by atoms with E-state index in [0.717, 1.165) is 24.3 Å². The van der Waals surface area contributed by atoms with Gasteiger partial charge < -0.3 is 21.7 Å². The van der Waals surface area contributed by atoms with Gasteiger partial charge in [-0.15, -0.1) is 0 Å². The number of halogens is 6. The van der Waals surface area contributed by atoms with Crippen LogP contribution in [0.25, 0.3) is 0 Å². The summed E-state index contributed by atoms with van der Waals surface area (Å²) in [6.45, 7) is 0. The molecule has 2 rings (SSSR count). The molecule has 0 saturated heterocycles. The zero-order valence-electron chi connectivity index (χ0n) is 12.3. The number of para-hydroxylation sites is 2. The Labute approximate surface area is 137 Å². The van der Waals surface area contributed by atoms with Crippen molar-refractivity contribution in [2.24, 2.45) is 0 Å². The van der Waals surface area contributed by atoms with E-state index >= 15 is 4.39 Å². The van der Waals surface area contributed by atoms with Crippen molar-refractivity contribution in [3.63, 3.8) is 0 Å². The molecule has 0 aromatic heterocycles. The van der Waals surface area contributed by atoms with E-state index in [9.17, 15) is 32.2 Å². The van der Waals surface area contributed by atoms with Gasteiger partial charge >= 0.3 is 12.1 Å². The van der Waals surface area contributed by atoms with Gasteiger partial charge in [0.05, 0.1) is 11.4 Å². The summed E-state index contributed by atoms with van der Waals surface area (Å²) in [7, 11) is 0. The van der Waals surface area contributed by atoms with Crippen molar-refractivity contribution < 1.29 is 36.6 Å². The number of nitrogen functional groups attached to an aromatic ring is 2. The number of alkyl halides is 6. The molecule has 10 heteroatoms. The van der Waals surface area contributed by atoms with E-state index in [4.69, 9.17) is 11.5 Å². The Hall–Kier alpha value is -2.78. The number of phenolic OH excluding ortho intramolecular Hbond substituents is 2. The summed E-state index contributed by atoms with van der Waals surface area (Å²) in [6, 6.07) is 4.74. The van der Waals surface area contributed by atoms with Crippen molar-refractivity contribution in [3.05, 3.63) is 47.5 Å². The summed E-state index contributed by atoms with van der Waals surface area (Å²) in [5, 5.41) is 19.6. The number of hydrogen-bond donors (Lipinski definition) is 4. The van der Waals surface area contributed by atoms with Crippen molar-refractivity contribution in [1.82, 2.24) is 0 Å². The molecule has 0 radical (unpaired) electrons. The molecule has 0 aliphatic carbocycles. The number of phenols is 2. The quantitative estimate of drug-likeness (QED) is 0.379. The third kappa shape index (κ3) is 2.57. The van der Waals surface area contributed by atoms with Crippen LogP contribution in [-0.2, 0) is 5.67 Å². The number of hydrogen-bond acceptors (Lipinski definition) is 4. The lowest BCUT2D eigenvalue weighted by atomic mass is 9.80. The van der Waals surface area contributed by atoms with E-state index in [-0.39, 0.29) is 0 Å². The van der Waals surface area contributed by atoms with Crippen molar-refractivity contribution in [2.45, 2.75) is 17.8 Å². The van der Waals surface area contributed by atoms with Gasteiger partial charge in [-0.1, -0.05) is 24.3 Å². The molecule has 0 spiro atoms. The maximum absolute atomic E-state index is 15.5. The van der Waals surface area contributed by atoms with Crippen LogP contribution >= 0.6 is 0 Å². The number of rotatable bonds is 3. The maximum atomic E-state index is 15.5. The molecule has 0 aliphatic rings. The van der Waals surface area contributed by atoms with Crippen LogP contribution in [-0.4, -0.2) is 22.3 Å². The highest BCUT2D eigenvalue weighted by atomic mass is 19.4. The third-order valence-electron chi connectivity index (χ3n) is 3.67. The lowest BCUT2D eigenvalue weighted by Gasteiger charge is -2.36. The minimum Gasteiger partial charge on any atom is -0.505 e. The molecule has 0 bridgehead atoms. The van der Waals surface area contributed by atoms with Gasteiger partial charge in [0.2, 0.25) is 5.67 Å². The Morgan fingerprint density at radius 3 is 1.36 bits per heavy atom. The number of nitrogens with two attached hydrogens (primary N) is 2. The second-order valence-electron chi connectivity index (χ2n) is 5.22. The molecule has 0 unspecified atom stereocenters. The first kappa shape index (κ1) is 18.6. The van der Waals surface area contributed by atoms with Crippen LogP contribution in [0.3, 0.4) is 0 Å². The zero-order chi connectivity index (χ0) is 19.2. The molecule has 0 saturated carbocycles. The fourth-order valence-corrected chi connectivity index (χ4v) is 2.36. The summed E-state index contributed by atoms with van der Waals surface area (Å²) in [5.74, 6) is -8.65. The molecule has 2 aromatic rings. The summed E-state index contributed by atoms with van der Waals surface area (Å²) in [5.41, 5.74) is 1.71. The second-order valence-corrected chi connectivity index (χ2v) is 5.22. The first-order chi connectivity index (χ1) is 11.4. The molecule has 0 amide bonds. The molecule has 25 heavy (non-hydrogen) atoms. The fraction of sp³-hybridized carbons (Fsp3) is 0.200. The van der Waals surface area contributed by atoms with Crippen LogP contribution in [0.2, 0.25) is 0 Å². The van der Waals surface area contributed by atoms with Gasteiger partial charge in [0.15, 0.2) is 0 Å². The monoisotopic (exact) mass is 366 g/mol. The van der Waals surface area contributed by atoms with Crippen LogP contribution in [0, 0.1) is 0 Å². The van der Waals surface area contributed by atoms with Gasteiger partial charge in [-0.05, 0) is 12.1 Å². The van der Waals surface area contributed by atoms with Gasteiger partial charge in [-0.2, -0.15) is 22.0 Å². The van der Waals surface area contributed by atoms with Crippen LogP contribution in [0.1, 0.15) is 11.1 Å². The molecule has 0 fully saturated rings. The van der Waals surface area contributed by atoms with Crippen molar-refractivity contribution >= 4 is 11.4 Å². The third-order valence-corrected chi connectivity index (χ3v) is 3.67. The largest absolute Gasteiger partial charge is 0.505 e. The van der Waals surface area contributed by atoms with E-state index < -0.39 is 51.8 Å². The average molecular weight is 366 g/mol. The number of anilines is 2. The highest BCUT2D eigenvalue weighted by molar-refractivity contribution is 5.65. The molecule has 0 atom stereocenters. The normalized spacial score (nSPS) is 13.0. The Morgan fingerprint density at radius 1 is 0.680 bits per heavy atom. The van der Waals surface area contributed by atoms with Crippen molar-refractivity contribution in [2.75, 3.05) is 11.5 Å². The second kappa shape index (κ2) is 5.64. The van der Waals surface area contributed by atoms with E-state index in [1.165, 1.54) is 0 Å². The Kier molecular flexibility index (Phi) is 4.19. The number of aromatic hydroxyl groups is 2. The van der Waals surface area contributed by atoms with Crippen LogP contribution in [0.5, 0.6) is 11.5 Å². The summed E-state index contributed by atoms with van der Waals surface area (Å²) < 4.78 is 82.7. The van der Waals surface area contributed by atoms with E-state index in [0.29, 0.717) is 12.1 Å². The summed E-state index contributed by atoms with van der Waals surface area (Å²) in [6.07, 6.45) is -6.35. The SMILES string of the molecule is Nc1cccc(C(F)(c2cccc(N)c2O)C(F)(F)C(F)(F)F)c1O. The van der Waals surface area contributed by atoms with Crippen molar-refractivity contribution in [3.8, 4) is 11.5 Å². The smallest absolute Gasteiger partial charge is 0.457 e. The summed E-state index contributed by atoms with van der Waals surface area (Å²) >= 11 is 0. The molecular weight excluding hydrogens is 354 g/mol. The first-order valence-corrected chi connectivity index (χ1v) is 6.65. The van der Waals surface area contributed by atoms with Gasteiger partial charge in [-0.3, -0.25) is 0 Å². The zero-order valence-corrected chi connectivity index (χ0v) is 12.3. The summed E-state index contributed by atoms with van der Waals surface area (Å²) in [4.78, 5) is 0. The van der Waals surface area contributed by atoms with Gasteiger partial charge in [0.25, 0.3) is 0 Å². The lowest BCUT2D eigenvalue weighted by Crippen LogP contribution is -2.53. The highest BCUT2D eigenvalue weighted by Gasteiger charge is 2.74. The molecular formula is C15H12F6N2O2. The molecule has 0 aliphatic heterocycles. The van der Waals surface area contributed by atoms with Crippen LogP contribution in [0.4, 0.5) is 37.7 Å². The molecule has 4 nitrogen and oxygen atoms in total. The standard InChI is InChI=1S/C15H12F6N2O2/c16-13(14(17,18)15(19,20)21,7-3-1-5-9(22)11(7)24)8-4-2-6-10(23)12(8)25/h1-6,24-25H,22-23H2. The average Bonchev–Trinajstić information content (AvgIpc) is 2.50.